The van der Waals surface area contributed by atoms with Gasteiger partial charge in [-0.05, 0) is 12.8 Å². The number of hydrogen-bond donors (Lipinski definition) is 1. The molecule has 0 unspecified atom stereocenters. The molecule has 0 fully saturated rings. The third-order valence-electron chi connectivity index (χ3n) is 2.21. The number of aliphatic hydroxyl groups excluding tert-OH is 1. The highest BCUT2D eigenvalue weighted by Gasteiger charge is 2.16. The van der Waals surface area contributed by atoms with E-state index in [0.29, 0.717) is 13.0 Å². The zero-order valence-electron chi connectivity index (χ0n) is 10.3. The number of unbranched alkanes of at least 4 members (excludes halogenated alkanes) is 2. The summed E-state index contributed by atoms with van der Waals surface area (Å²) in [4.78, 5) is 0. The maximum absolute atomic E-state index is 11.5. The number of aliphatic hydroxyl groups is 1. The minimum Gasteiger partial charge on any atom is -0.390 e. The second kappa shape index (κ2) is 8.96. The van der Waals surface area contributed by atoms with Gasteiger partial charge in [-0.3, -0.25) is 0 Å². The maximum atomic E-state index is 11.5. The van der Waals surface area contributed by atoms with Crippen LogP contribution >= 0.6 is 0 Å². The van der Waals surface area contributed by atoms with Crippen LogP contribution in [0.1, 0.15) is 39.5 Å². The topological polar surface area (TPSA) is 63.6 Å². The molecule has 1 atom stereocenters. The quantitative estimate of drug-likeness (QED) is 0.597. The van der Waals surface area contributed by atoms with Crippen LogP contribution in [0.5, 0.6) is 0 Å². The molecule has 0 aromatic rings. The van der Waals surface area contributed by atoms with Crippen LogP contribution in [0.4, 0.5) is 0 Å². The Morgan fingerprint density at radius 2 is 1.81 bits per heavy atom. The molecule has 98 valence electrons. The van der Waals surface area contributed by atoms with Gasteiger partial charge >= 0.3 is 0 Å². The Bertz CT molecular complexity index is 249. The molecule has 0 aliphatic heterocycles. The van der Waals surface area contributed by atoms with Gasteiger partial charge in [0, 0.05) is 6.61 Å². The molecule has 16 heavy (non-hydrogen) atoms. The molecule has 5 heteroatoms. The van der Waals surface area contributed by atoms with Gasteiger partial charge in [0.1, 0.15) is 0 Å². The van der Waals surface area contributed by atoms with Crippen molar-refractivity contribution in [2.24, 2.45) is 0 Å². The zero-order valence-corrected chi connectivity index (χ0v) is 11.1. The summed E-state index contributed by atoms with van der Waals surface area (Å²) in [5.74, 6) is -0.0192. The van der Waals surface area contributed by atoms with Crippen molar-refractivity contribution >= 4 is 9.84 Å². The fraction of sp³-hybridized carbons (Fsp3) is 1.00. The first-order valence-electron chi connectivity index (χ1n) is 5.98. The normalized spacial score (nSPS) is 13.9. The molecule has 0 aromatic carbocycles. The number of hydrogen-bond acceptors (Lipinski definition) is 4. The van der Waals surface area contributed by atoms with E-state index in [-0.39, 0.29) is 18.1 Å². The number of ether oxygens (including phenoxy) is 1. The summed E-state index contributed by atoms with van der Waals surface area (Å²) in [6.07, 6.45) is 2.59. The van der Waals surface area contributed by atoms with Crippen LogP contribution in [0.15, 0.2) is 0 Å². The van der Waals surface area contributed by atoms with Gasteiger partial charge in [-0.2, -0.15) is 0 Å². The van der Waals surface area contributed by atoms with Crippen LogP contribution in [-0.4, -0.2) is 44.3 Å². The largest absolute Gasteiger partial charge is 0.390 e. The third kappa shape index (κ3) is 9.12. The molecule has 0 amide bonds. The van der Waals surface area contributed by atoms with Crippen molar-refractivity contribution in [3.8, 4) is 0 Å². The van der Waals surface area contributed by atoms with E-state index in [0.717, 1.165) is 19.3 Å². The summed E-state index contributed by atoms with van der Waals surface area (Å²) in [5.41, 5.74) is 0. The molecule has 0 saturated carbocycles. The van der Waals surface area contributed by atoms with Crippen LogP contribution in [0.3, 0.4) is 0 Å². The van der Waals surface area contributed by atoms with Crippen LogP contribution in [0.25, 0.3) is 0 Å². The van der Waals surface area contributed by atoms with E-state index in [1.54, 1.807) is 0 Å². The van der Waals surface area contributed by atoms with Crippen molar-refractivity contribution in [2.75, 3.05) is 24.7 Å². The van der Waals surface area contributed by atoms with Crippen molar-refractivity contribution in [3.63, 3.8) is 0 Å². The van der Waals surface area contributed by atoms with Crippen molar-refractivity contribution in [3.05, 3.63) is 0 Å². The molecular formula is C11H24O4S. The first-order valence-corrected chi connectivity index (χ1v) is 7.80. The lowest BCUT2D eigenvalue weighted by Crippen LogP contribution is -2.27. The Kier molecular flexibility index (Phi) is 8.89. The number of rotatable bonds is 10. The standard InChI is InChI=1S/C11H24O4S/c1-3-5-7-15-9-11(12)10-16(13,14)8-6-4-2/h11-12H,3-10H2,1-2H3/t11-/m1/s1. The van der Waals surface area contributed by atoms with Crippen molar-refractivity contribution < 1.29 is 18.3 Å². The van der Waals surface area contributed by atoms with Gasteiger partial charge in [0.2, 0.25) is 0 Å². The molecule has 0 aliphatic rings. The lowest BCUT2D eigenvalue weighted by molar-refractivity contribution is 0.0465. The van der Waals surface area contributed by atoms with E-state index < -0.39 is 15.9 Å². The van der Waals surface area contributed by atoms with Gasteiger partial charge in [0.15, 0.2) is 9.84 Å². The van der Waals surface area contributed by atoms with Gasteiger partial charge < -0.3 is 9.84 Å². The molecule has 0 saturated heterocycles. The Morgan fingerprint density at radius 3 is 2.38 bits per heavy atom. The van der Waals surface area contributed by atoms with E-state index >= 15 is 0 Å². The molecule has 0 aromatic heterocycles. The fourth-order valence-electron chi connectivity index (χ4n) is 1.25. The minimum atomic E-state index is -3.12. The van der Waals surface area contributed by atoms with Crippen LogP contribution in [0, 0.1) is 0 Å². The predicted octanol–water partition coefficient (Wildman–Crippen LogP) is 1.38. The van der Waals surface area contributed by atoms with E-state index in [9.17, 15) is 13.5 Å². The number of sulfone groups is 1. The van der Waals surface area contributed by atoms with Crippen molar-refractivity contribution in [2.45, 2.75) is 45.6 Å². The van der Waals surface area contributed by atoms with Gasteiger partial charge in [-0.25, -0.2) is 8.42 Å². The summed E-state index contributed by atoms with van der Waals surface area (Å²) in [5, 5.41) is 9.48. The Hall–Kier alpha value is -0.130. The fourth-order valence-corrected chi connectivity index (χ4v) is 2.83. The molecule has 0 rings (SSSR count). The summed E-state index contributed by atoms with van der Waals surface area (Å²) in [6.45, 7) is 4.70. The van der Waals surface area contributed by atoms with Crippen LogP contribution in [0.2, 0.25) is 0 Å². The lowest BCUT2D eigenvalue weighted by Gasteiger charge is -2.11. The van der Waals surface area contributed by atoms with E-state index in [1.807, 2.05) is 6.92 Å². The molecule has 0 spiro atoms. The Labute approximate surface area is 98.9 Å². The maximum Gasteiger partial charge on any atom is 0.152 e. The smallest absolute Gasteiger partial charge is 0.152 e. The zero-order chi connectivity index (χ0) is 12.4. The monoisotopic (exact) mass is 252 g/mol. The second-order valence-corrected chi connectivity index (χ2v) is 6.28. The van der Waals surface area contributed by atoms with E-state index in [2.05, 4.69) is 6.92 Å². The molecule has 0 bridgehead atoms. The average Bonchev–Trinajstić information content (AvgIpc) is 2.21. The third-order valence-corrected chi connectivity index (χ3v) is 4.01. The Balaban J connectivity index is 3.72. The summed E-state index contributed by atoms with van der Waals surface area (Å²) >= 11 is 0. The van der Waals surface area contributed by atoms with Gasteiger partial charge in [0.05, 0.1) is 24.2 Å². The van der Waals surface area contributed by atoms with Gasteiger partial charge in [-0.1, -0.05) is 26.7 Å². The molecule has 0 heterocycles. The first-order chi connectivity index (χ1) is 7.52. The van der Waals surface area contributed by atoms with Crippen LogP contribution < -0.4 is 0 Å². The first kappa shape index (κ1) is 15.9. The average molecular weight is 252 g/mol. The molecule has 0 aliphatic carbocycles. The predicted molar refractivity (Wildman–Crippen MR) is 65.3 cm³/mol. The molecular weight excluding hydrogens is 228 g/mol. The molecule has 1 N–H and O–H groups in total. The lowest BCUT2D eigenvalue weighted by atomic mass is 10.3. The highest BCUT2D eigenvalue weighted by Crippen LogP contribution is 2.01. The SMILES string of the molecule is CCCCOC[C@@H](O)CS(=O)(=O)CCCC. The highest BCUT2D eigenvalue weighted by molar-refractivity contribution is 7.91. The van der Waals surface area contributed by atoms with Gasteiger partial charge in [0.25, 0.3) is 0 Å². The summed E-state index contributed by atoms with van der Waals surface area (Å²) < 4.78 is 28.1. The summed E-state index contributed by atoms with van der Waals surface area (Å²) in [7, 11) is -3.12. The van der Waals surface area contributed by atoms with E-state index in [1.165, 1.54) is 0 Å². The molecule has 0 radical (unpaired) electrons. The van der Waals surface area contributed by atoms with Crippen molar-refractivity contribution in [1.29, 1.82) is 0 Å². The van der Waals surface area contributed by atoms with E-state index in [4.69, 9.17) is 4.74 Å². The van der Waals surface area contributed by atoms with Gasteiger partial charge in [-0.15, -0.1) is 0 Å². The highest BCUT2D eigenvalue weighted by atomic mass is 32.2. The molecule has 4 nitrogen and oxygen atoms in total. The minimum absolute atomic E-state index is 0.116. The Morgan fingerprint density at radius 1 is 1.19 bits per heavy atom. The van der Waals surface area contributed by atoms with Crippen molar-refractivity contribution in [1.82, 2.24) is 0 Å². The summed E-state index contributed by atoms with van der Waals surface area (Å²) in [6, 6.07) is 0. The van der Waals surface area contributed by atoms with Crippen LogP contribution in [-0.2, 0) is 14.6 Å². The second-order valence-electron chi connectivity index (χ2n) is 4.05.